The molecule has 0 unspecified atom stereocenters. The molecule has 3 aliphatic rings. The Morgan fingerprint density at radius 3 is 2.72 bits per heavy atom. The van der Waals surface area contributed by atoms with Crippen LogP contribution in [0.1, 0.15) is 29.6 Å². The summed E-state index contributed by atoms with van der Waals surface area (Å²) in [6.07, 6.45) is 2.06. The van der Waals surface area contributed by atoms with E-state index in [1.54, 1.807) is 17.0 Å². The number of anilines is 1. The van der Waals surface area contributed by atoms with Crippen molar-refractivity contribution in [3.63, 3.8) is 0 Å². The van der Waals surface area contributed by atoms with Crippen molar-refractivity contribution in [2.45, 2.75) is 30.8 Å². The Balaban J connectivity index is 0.00000182. The molecule has 0 amide bonds. The Morgan fingerprint density at radius 1 is 1.24 bits per heavy atom. The summed E-state index contributed by atoms with van der Waals surface area (Å²) in [5, 5.41) is 23.7. The number of Topliss-reactive ketones (excluding diaryl/α,β-unsaturated/α-hetero) is 1. The zero-order valence-corrected chi connectivity index (χ0v) is 15.5. The number of carbonyl (C=O) groups excluding carboxylic acids is 1. The van der Waals surface area contributed by atoms with Crippen molar-refractivity contribution in [2.75, 3.05) is 36.0 Å². The van der Waals surface area contributed by atoms with E-state index < -0.39 is 5.91 Å². The van der Waals surface area contributed by atoms with Gasteiger partial charge in [-0.1, -0.05) is 0 Å². The van der Waals surface area contributed by atoms with Crippen molar-refractivity contribution in [1.82, 2.24) is 5.32 Å². The first-order valence-corrected chi connectivity index (χ1v) is 9.52. The Hall–Kier alpha value is -0.990. The van der Waals surface area contributed by atoms with Crippen LogP contribution >= 0.6 is 24.2 Å². The largest absolute Gasteiger partial charge is 0.486 e. The van der Waals surface area contributed by atoms with Gasteiger partial charge in [-0.05, 0) is 31.3 Å². The van der Waals surface area contributed by atoms with Gasteiger partial charge in [0.1, 0.15) is 11.4 Å². The van der Waals surface area contributed by atoms with Gasteiger partial charge in [0.25, 0.3) is 5.91 Å². The van der Waals surface area contributed by atoms with Crippen LogP contribution in [-0.4, -0.2) is 58.6 Å². The van der Waals surface area contributed by atoms with Gasteiger partial charge in [0, 0.05) is 30.8 Å². The number of carbonyl (C=O) groups is 1. The number of halogens is 1. The molecular formula is C17H23ClN2O4S. The standard InChI is InChI=1S/C17H22N2O4S.ClH/c20-14-10-16(3-5-18-6-4-16)23-15-2-1-12(9-13(14)15)19-7-8-24-11-17(19,21)22;/h1-2,9,18,21-22H,3-8,10-11H2;1H. The van der Waals surface area contributed by atoms with Gasteiger partial charge in [-0.2, -0.15) is 11.8 Å². The molecule has 0 atom stereocenters. The van der Waals surface area contributed by atoms with Crippen LogP contribution < -0.4 is 15.0 Å². The Labute approximate surface area is 157 Å². The predicted octanol–water partition coefficient (Wildman–Crippen LogP) is 1.39. The molecule has 2 fully saturated rings. The number of nitrogens with zero attached hydrogens (tertiary/aromatic N) is 1. The summed E-state index contributed by atoms with van der Waals surface area (Å²) >= 11 is 1.50. The van der Waals surface area contributed by atoms with Crippen molar-refractivity contribution in [3.8, 4) is 5.75 Å². The number of benzene rings is 1. The maximum Gasteiger partial charge on any atom is 0.256 e. The van der Waals surface area contributed by atoms with E-state index in [4.69, 9.17) is 4.74 Å². The molecule has 0 aromatic heterocycles. The highest BCUT2D eigenvalue weighted by Gasteiger charge is 2.42. The zero-order valence-electron chi connectivity index (χ0n) is 13.9. The molecule has 3 N–H and O–H groups in total. The number of nitrogens with one attached hydrogen (secondary N) is 1. The highest BCUT2D eigenvalue weighted by molar-refractivity contribution is 7.99. The minimum atomic E-state index is -1.88. The third-order valence-corrected chi connectivity index (χ3v) is 6.15. The SMILES string of the molecule is Cl.O=C1CC2(CCNCC2)Oc2ccc(N3CCSCC3(O)O)cc21. The summed E-state index contributed by atoms with van der Waals surface area (Å²) < 4.78 is 6.22. The third kappa shape index (κ3) is 3.48. The number of hydrogen-bond donors (Lipinski definition) is 3. The minimum absolute atomic E-state index is 0. The minimum Gasteiger partial charge on any atom is -0.486 e. The molecule has 138 valence electrons. The number of ether oxygens (including phenoxy) is 1. The maximum atomic E-state index is 12.7. The van der Waals surface area contributed by atoms with Crippen molar-refractivity contribution < 1.29 is 19.7 Å². The van der Waals surface area contributed by atoms with Gasteiger partial charge >= 0.3 is 0 Å². The second-order valence-electron chi connectivity index (χ2n) is 6.79. The van der Waals surface area contributed by atoms with Gasteiger partial charge in [-0.3, -0.25) is 4.79 Å². The molecule has 0 saturated carbocycles. The highest BCUT2D eigenvalue weighted by atomic mass is 35.5. The summed E-state index contributed by atoms with van der Waals surface area (Å²) in [6.45, 7) is 2.26. The molecule has 0 aliphatic carbocycles. The molecule has 1 aromatic carbocycles. The molecule has 1 aromatic rings. The van der Waals surface area contributed by atoms with Crippen LogP contribution in [-0.2, 0) is 0 Å². The van der Waals surface area contributed by atoms with E-state index in [-0.39, 0.29) is 29.5 Å². The smallest absolute Gasteiger partial charge is 0.256 e. The summed E-state index contributed by atoms with van der Waals surface area (Å²) in [5.74, 6) is -0.144. The fourth-order valence-corrected chi connectivity index (χ4v) is 4.65. The van der Waals surface area contributed by atoms with Crippen molar-refractivity contribution >= 4 is 35.6 Å². The van der Waals surface area contributed by atoms with Crippen LogP contribution in [0.4, 0.5) is 5.69 Å². The van der Waals surface area contributed by atoms with E-state index in [0.717, 1.165) is 31.7 Å². The monoisotopic (exact) mass is 386 g/mol. The van der Waals surface area contributed by atoms with Gasteiger partial charge in [-0.15, -0.1) is 12.4 Å². The van der Waals surface area contributed by atoms with Crippen molar-refractivity contribution in [2.24, 2.45) is 0 Å². The van der Waals surface area contributed by atoms with Crippen molar-refractivity contribution in [1.29, 1.82) is 0 Å². The van der Waals surface area contributed by atoms with Gasteiger partial charge in [0.15, 0.2) is 5.78 Å². The topological polar surface area (TPSA) is 82.0 Å². The maximum absolute atomic E-state index is 12.7. The molecule has 6 nitrogen and oxygen atoms in total. The molecule has 2 saturated heterocycles. The van der Waals surface area contributed by atoms with Crippen LogP contribution in [0.3, 0.4) is 0 Å². The van der Waals surface area contributed by atoms with Crippen molar-refractivity contribution in [3.05, 3.63) is 23.8 Å². The third-order valence-electron chi connectivity index (χ3n) is 5.09. The first-order chi connectivity index (χ1) is 11.5. The normalized spacial score (nSPS) is 24.2. The Kier molecular flexibility index (Phi) is 5.23. The first kappa shape index (κ1) is 18.8. The average Bonchev–Trinajstić information content (AvgIpc) is 2.55. The van der Waals surface area contributed by atoms with E-state index >= 15 is 0 Å². The molecule has 3 aliphatic heterocycles. The summed E-state index contributed by atoms with van der Waals surface area (Å²) in [7, 11) is 0. The summed E-state index contributed by atoms with van der Waals surface area (Å²) in [6, 6.07) is 5.34. The number of piperidine rings is 1. The summed E-state index contributed by atoms with van der Waals surface area (Å²) in [4.78, 5) is 14.3. The van der Waals surface area contributed by atoms with Crippen LogP contribution in [0.25, 0.3) is 0 Å². The van der Waals surface area contributed by atoms with Crippen LogP contribution in [0, 0.1) is 0 Å². The van der Waals surface area contributed by atoms with E-state index in [2.05, 4.69) is 5.32 Å². The van der Waals surface area contributed by atoms with Gasteiger partial charge < -0.3 is 25.2 Å². The lowest BCUT2D eigenvalue weighted by molar-refractivity contribution is -0.141. The second-order valence-corrected chi connectivity index (χ2v) is 7.90. The Morgan fingerprint density at radius 2 is 2.00 bits per heavy atom. The van der Waals surface area contributed by atoms with Crippen LogP contribution in [0.5, 0.6) is 5.75 Å². The molecular weight excluding hydrogens is 364 g/mol. The molecule has 0 radical (unpaired) electrons. The lowest BCUT2D eigenvalue weighted by Crippen LogP contribution is -2.55. The first-order valence-electron chi connectivity index (χ1n) is 8.36. The molecule has 25 heavy (non-hydrogen) atoms. The van der Waals surface area contributed by atoms with Gasteiger partial charge in [0.2, 0.25) is 0 Å². The predicted molar refractivity (Wildman–Crippen MR) is 99.9 cm³/mol. The summed E-state index contributed by atoms with van der Waals surface area (Å²) in [5.41, 5.74) is 0.819. The Bertz CT molecular complexity index is 664. The molecule has 8 heteroatoms. The zero-order chi connectivity index (χ0) is 16.8. The van der Waals surface area contributed by atoms with E-state index in [9.17, 15) is 15.0 Å². The highest BCUT2D eigenvalue weighted by Crippen LogP contribution is 2.40. The van der Waals surface area contributed by atoms with E-state index in [1.807, 2.05) is 6.07 Å². The number of fused-ring (bicyclic) bond motifs is 1. The fraction of sp³-hybridized carbons (Fsp3) is 0.588. The lowest BCUT2D eigenvalue weighted by Gasteiger charge is -2.42. The second kappa shape index (κ2) is 6.96. The van der Waals surface area contributed by atoms with Crippen LogP contribution in [0.15, 0.2) is 18.2 Å². The number of rotatable bonds is 1. The van der Waals surface area contributed by atoms with Gasteiger partial charge in [-0.25, -0.2) is 0 Å². The molecule has 1 spiro atoms. The molecule has 4 rings (SSSR count). The van der Waals surface area contributed by atoms with Crippen LogP contribution in [0.2, 0.25) is 0 Å². The fourth-order valence-electron chi connectivity index (χ4n) is 3.77. The molecule has 3 heterocycles. The lowest BCUT2D eigenvalue weighted by atomic mass is 9.83. The molecule has 0 bridgehead atoms. The number of ketones is 1. The average molecular weight is 387 g/mol. The van der Waals surface area contributed by atoms with Gasteiger partial charge in [0.05, 0.1) is 17.7 Å². The van der Waals surface area contributed by atoms with E-state index in [0.29, 0.717) is 30.0 Å². The number of hydrogen-bond acceptors (Lipinski definition) is 7. The quantitative estimate of drug-likeness (QED) is 0.629. The number of thioether (sulfide) groups is 1. The van der Waals surface area contributed by atoms with E-state index in [1.165, 1.54) is 11.8 Å². The number of aliphatic hydroxyl groups is 2.